The molecule has 2 aliphatic heterocycles. The Morgan fingerprint density at radius 1 is 0.537 bits per heavy atom. The van der Waals surface area contributed by atoms with Gasteiger partial charge in [-0.1, -0.05) is 200 Å². The van der Waals surface area contributed by atoms with Crippen molar-refractivity contribution in [2.45, 2.75) is 299 Å². The average molecular weight is 966 g/mol. The van der Waals surface area contributed by atoms with Gasteiger partial charge in [0, 0.05) is 0 Å². The summed E-state index contributed by atoms with van der Waals surface area (Å²) in [5, 5.41) is 108. The summed E-state index contributed by atoms with van der Waals surface area (Å²) in [6.07, 6.45) is 14.2. The van der Waals surface area contributed by atoms with Gasteiger partial charge in [0.1, 0.15) is 61.0 Å². The molecule has 0 radical (unpaired) electrons. The summed E-state index contributed by atoms with van der Waals surface area (Å²) >= 11 is 0. The third kappa shape index (κ3) is 25.2. The Kier molecular flexibility index (Phi) is 35.7. The highest BCUT2D eigenvalue weighted by Crippen LogP contribution is 2.31. The Morgan fingerprint density at radius 2 is 0.970 bits per heavy atom. The number of hydrogen-bond acceptors (Lipinski definition) is 15. The number of unbranched alkanes of at least 4 members (excludes halogenated alkanes) is 27. The summed E-state index contributed by atoms with van der Waals surface area (Å²) in [5.41, 5.74) is 0. The normalized spacial score (nSPS) is 26.7. The largest absolute Gasteiger partial charge is 0.394 e. The molecule has 11 N–H and O–H groups in total. The minimum Gasteiger partial charge on any atom is -0.394 e. The Balaban J connectivity index is 1.89. The van der Waals surface area contributed by atoms with Gasteiger partial charge in [-0.05, 0) is 12.8 Å². The number of aliphatic hydroxyl groups is 10. The number of carbonyl (C=O) groups is 1. The summed E-state index contributed by atoms with van der Waals surface area (Å²) in [4.78, 5) is 13.3. The SMILES string of the molecule is CCCCCCCCCCCCCCCCCCCC[C@@H](O)C(=O)N[C@@H](CO[C@H]1O[C@H](CO)[C@H](O)[C@H](O[C@@H]2O[C@@H]([C@H](O)CO)[C@H](O)[C@H]2O)[C@H]1O)[C@H](O)[C@H](O)CCCCCCCCCCCCC. The number of rotatable bonds is 43. The zero-order chi connectivity index (χ0) is 49.2. The maximum absolute atomic E-state index is 13.3. The minimum atomic E-state index is -1.82. The number of amides is 1. The van der Waals surface area contributed by atoms with E-state index in [2.05, 4.69) is 19.2 Å². The molecule has 2 saturated heterocycles. The van der Waals surface area contributed by atoms with Crippen molar-refractivity contribution in [2.75, 3.05) is 19.8 Å². The van der Waals surface area contributed by atoms with Gasteiger partial charge in [0.2, 0.25) is 5.91 Å². The molecule has 0 aromatic carbocycles. The van der Waals surface area contributed by atoms with Crippen molar-refractivity contribution in [1.29, 1.82) is 0 Å². The van der Waals surface area contributed by atoms with E-state index in [0.29, 0.717) is 12.8 Å². The number of hydrogen-bond donors (Lipinski definition) is 11. The van der Waals surface area contributed by atoms with Gasteiger partial charge in [0.05, 0.1) is 32.0 Å². The summed E-state index contributed by atoms with van der Waals surface area (Å²) in [7, 11) is 0. The average Bonchev–Trinajstić information content (AvgIpc) is 3.61. The molecule has 2 aliphatic rings. The van der Waals surface area contributed by atoms with Crippen LogP contribution in [0.2, 0.25) is 0 Å². The minimum absolute atomic E-state index is 0.203. The first-order valence-electron chi connectivity index (χ1n) is 27.0. The van der Waals surface area contributed by atoms with Crippen molar-refractivity contribution in [2.24, 2.45) is 0 Å². The van der Waals surface area contributed by atoms with Gasteiger partial charge < -0.3 is 75.3 Å². The molecule has 0 aliphatic carbocycles. The molecule has 14 atom stereocenters. The van der Waals surface area contributed by atoms with E-state index in [1.54, 1.807) is 0 Å². The third-order valence-electron chi connectivity index (χ3n) is 13.7. The molecular weight excluding hydrogens is 867 g/mol. The fraction of sp³-hybridized carbons (Fsp3) is 0.980. The highest BCUT2D eigenvalue weighted by Gasteiger charge is 2.52. The summed E-state index contributed by atoms with van der Waals surface area (Å²) in [6.45, 7) is 2.37. The highest BCUT2D eigenvalue weighted by atomic mass is 16.7. The van der Waals surface area contributed by atoms with Gasteiger partial charge in [0.25, 0.3) is 0 Å². The van der Waals surface area contributed by atoms with Crippen LogP contribution in [-0.4, -0.2) is 163 Å². The topological polar surface area (TPSA) is 268 Å². The Hall–Kier alpha value is -1.09. The number of nitrogens with one attached hydrogen (secondary N) is 1. The molecule has 67 heavy (non-hydrogen) atoms. The fourth-order valence-electron chi connectivity index (χ4n) is 9.24. The van der Waals surface area contributed by atoms with Crippen LogP contribution in [0.4, 0.5) is 0 Å². The van der Waals surface area contributed by atoms with Crippen molar-refractivity contribution in [1.82, 2.24) is 5.32 Å². The maximum Gasteiger partial charge on any atom is 0.249 e. The lowest BCUT2D eigenvalue weighted by Crippen LogP contribution is -2.62. The summed E-state index contributed by atoms with van der Waals surface area (Å²) < 4.78 is 22.5. The monoisotopic (exact) mass is 966 g/mol. The van der Waals surface area contributed by atoms with Gasteiger partial charge >= 0.3 is 0 Å². The third-order valence-corrected chi connectivity index (χ3v) is 13.7. The van der Waals surface area contributed by atoms with E-state index in [9.17, 15) is 55.9 Å². The Morgan fingerprint density at radius 3 is 1.40 bits per heavy atom. The van der Waals surface area contributed by atoms with Gasteiger partial charge in [-0.3, -0.25) is 4.79 Å². The second-order valence-corrected chi connectivity index (χ2v) is 19.7. The van der Waals surface area contributed by atoms with Crippen LogP contribution in [0.3, 0.4) is 0 Å². The maximum atomic E-state index is 13.3. The molecule has 2 fully saturated rings. The quantitative estimate of drug-likeness (QED) is 0.0345. The lowest BCUT2D eigenvalue weighted by atomic mass is 9.98. The zero-order valence-corrected chi connectivity index (χ0v) is 41.6. The van der Waals surface area contributed by atoms with Crippen molar-refractivity contribution >= 4 is 5.91 Å². The predicted molar refractivity (Wildman–Crippen MR) is 257 cm³/mol. The fourth-order valence-corrected chi connectivity index (χ4v) is 9.24. The van der Waals surface area contributed by atoms with Gasteiger partial charge in [-0.25, -0.2) is 0 Å². The van der Waals surface area contributed by atoms with E-state index in [1.165, 1.54) is 128 Å². The molecule has 0 bridgehead atoms. The van der Waals surface area contributed by atoms with Crippen LogP contribution < -0.4 is 5.32 Å². The van der Waals surface area contributed by atoms with E-state index in [-0.39, 0.29) is 12.8 Å². The Labute approximate surface area is 403 Å². The smallest absolute Gasteiger partial charge is 0.249 e. The van der Waals surface area contributed by atoms with Crippen molar-refractivity contribution < 1.29 is 74.8 Å². The van der Waals surface area contributed by atoms with Crippen LogP contribution in [0.25, 0.3) is 0 Å². The van der Waals surface area contributed by atoms with Crippen molar-refractivity contribution in [3.05, 3.63) is 0 Å². The predicted octanol–water partition coefficient (Wildman–Crippen LogP) is 5.33. The Bertz CT molecular complexity index is 1180. The van der Waals surface area contributed by atoms with Crippen LogP contribution in [-0.2, 0) is 23.7 Å². The molecule has 0 aromatic heterocycles. The first-order valence-corrected chi connectivity index (χ1v) is 27.0. The van der Waals surface area contributed by atoms with Crippen molar-refractivity contribution in [3.8, 4) is 0 Å². The molecule has 0 aromatic rings. The number of aliphatic hydroxyl groups excluding tert-OH is 10. The van der Waals surface area contributed by atoms with E-state index in [0.717, 1.165) is 44.9 Å². The second kappa shape index (κ2) is 38.6. The zero-order valence-electron chi connectivity index (χ0n) is 41.6. The molecular formula is C51H99NO15. The molecule has 398 valence electrons. The van der Waals surface area contributed by atoms with E-state index in [4.69, 9.17) is 18.9 Å². The first kappa shape index (κ1) is 62.0. The molecule has 2 rings (SSSR count). The highest BCUT2D eigenvalue weighted by molar-refractivity contribution is 5.80. The lowest BCUT2D eigenvalue weighted by Gasteiger charge is -2.43. The lowest BCUT2D eigenvalue weighted by molar-refractivity contribution is -0.332. The second-order valence-electron chi connectivity index (χ2n) is 19.7. The summed E-state index contributed by atoms with van der Waals surface area (Å²) in [5.74, 6) is -0.762. The van der Waals surface area contributed by atoms with Gasteiger partial charge in [0.15, 0.2) is 12.6 Å². The van der Waals surface area contributed by atoms with E-state index in [1.807, 2.05) is 0 Å². The molecule has 16 nitrogen and oxygen atoms in total. The van der Waals surface area contributed by atoms with Crippen LogP contribution in [0.1, 0.15) is 213 Å². The number of carbonyl (C=O) groups excluding carboxylic acids is 1. The van der Waals surface area contributed by atoms with Crippen LogP contribution in [0, 0.1) is 0 Å². The van der Waals surface area contributed by atoms with Gasteiger partial charge in [-0.15, -0.1) is 0 Å². The van der Waals surface area contributed by atoms with Crippen LogP contribution in [0.5, 0.6) is 0 Å². The molecule has 0 saturated carbocycles. The summed E-state index contributed by atoms with van der Waals surface area (Å²) in [6, 6.07) is -1.28. The standard InChI is InChI=1S/C51H99NO15/c1-3-5-7-9-11-13-15-16-17-18-19-20-21-23-25-27-29-31-33-39(56)49(63)52-37(42(58)38(55)32-30-28-26-24-22-14-12-10-8-6-4-2)36-64-50-46(62)48(43(59)41(35-54)65-50)67-51-45(61)44(60)47(66-51)40(57)34-53/h37-48,50-51,53-62H,3-36H2,1-2H3,(H,52,63)/t37-,38+,39+,40+,41+,42-,43-,44+,45+,46+,47-,48-,50-,51-/m0/s1. The van der Waals surface area contributed by atoms with Crippen LogP contribution in [0.15, 0.2) is 0 Å². The molecule has 16 heteroatoms. The number of ether oxygens (including phenoxy) is 4. The molecule has 1 amide bonds. The molecule has 0 spiro atoms. The van der Waals surface area contributed by atoms with Crippen LogP contribution >= 0.6 is 0 Å². The van der Waals surface area contributed by atoms with E-state index >= 15 is 0 Å². The first-order chi connectivity index (χ1) is 32.4. The van der Waals surface area contributed by atoms with E-state index < -0.39 is 111 Å². The van der Waals surface area contributed by atoms with Crippen molar-refractivity contribution in [3.63, 3.8) is 0 Å². The van der Waals surface area contributed by atoms with Gasteiger partial charge in [-0.2, -0.15) is 0 Å². The molecule has 0 unspecified atom stereocenters. The molecule has 2 heterocycles.